The van der Waals surface area contributed by atoms with E-state index >= 15 is 0 Å². The molecule has 9 heteroatoms. The highest BCUT2D eigenvalue weighted by Crippen LogP contribution is 2.30. The molecule has 156 valence electrons. The number of ether oxygens (including phenoxy) is 2. The summed E-state index contributed by atoms with van der Waals surface area (Å²) in [5, 5.41) is 15.6. The molecule has 0 spiro atoms. The molecular formula is C21H23N5O3S. The van der Waals surface area contributed by atoms with Gasteiger partial charge >= 0.3 is 0 Å². The molecule has 0 aliphatic heterocycles. The topological polar surface area (TPSA) is 91.2 Å². The molecule has 4 rings (SSSR count). The molecule has 3 aromatic rings. The number of hydrogen-bond acceptors (Lipinski definition) is 7. The number of aromatic nitrogens is 4. The number of fused-ring (bicyclic) bond motifs is 1. The number of carbonyl (C=O) groups excluding carboxylic acids is 1. The summed E-state index contributed by atoms with van der Waals surface area (Å²) in [4.78, 5) is 12.5. The first-order valence-corrected chi connectivity index (χ1v) is 10.7. The zero-order chi connectivity index (χ0) is 20.9. The first kappa shape index (κ1) is 20.2. The summed E-state index contributed by atoms with van der Waals surface area (Å²) in [6, 6.07) is 11.5. The summed E-state index contributed by atoms with van der Waals surface area (Å²) in [6.07, 6.45) is 4.48. The zero-order valence-electron chi connectivity index (χ0n) is 16.9. The minimum absolute atomic E-state index is 0.162. The third-order valence-corrected chi connectivity index (χ3v) is 5.97. The van der Waals surface area contributed by atoms with Gasteiger partial charge in [0.2, 0.25) is 11.1 Å². The van der Waals surface area contributed by atoms with Crippen molar-refractivity contribution in [1.29, 1.82) is 0 Å². The third-order valence-electron chi connectivity index (χ3n) is 5.05. The number of nitrogens with zero attached hydrogens (tertiary/aromatic N) is 4. The van der Waals surface area contributed by atoms with E-state index in [0.29, 0.717) is 22.3 Å². The van der Waals surface area contributed by atoms with E-state index < -0.39 is 0 Å². The highest BCUT2D eigenvalue weighted by molar-refractivity contribution is 7.99. The Balaban J connectivity index is 1.48. The normalized spacial score (nSPS) is 12.9. The second-order valence-corrected chi connectivity index (χ2v) is 7.84. The Morgan fingerprint density at radius 3 is 2.87 bits per heavy atom. The lowest BCUT2D eigenvalue weighted by molar-refractivity contribution is -0.113. The average Bonchev–Trinajstić information content (AvgIpc) is 3.25. The molecule has 2 aromatic carbocycles. The molecule has 0 fully saturated rings. The maximum absolute atomic E-state index is 12.5. The van der Waals surface area contributed by atoms with Crippen LogP contribution in [0.2, 0.25) is 0 Å². The largest absolute Gasteiger partial charge is 0.497 e. The highest BCUT2D eigenvalue weighted by atomic mass is 32.2. The van der Waals surface area contributed by atoms with E-state index in [4.69, 9.17) is 9.47 Å². The van der Waals surface area contributed by atoms with Crippen molar-refractivity contribution in [3.63, 3.8) is 0 Å². The third kappa shape index (κ3) is 4.25. The van der Waals surface area contributed by atoms with Crippen LogP contribution >= 0.6 is 11.8 Å². The molecule has 0 atom stereocenters. The molecule has 30 heavy (non-hydrogen) atoms. The van der Waals surface area contributed by atoms with E-state index in [0.717, 1.165) is 18.5 Å². The molecular weight excluding hydrogens is 402 g/mol. The zero-order valence-corrected chi connectivity index (χ0v) is 17.7. The number of thioether (sulfide) groups is 1. The Labute approximate surface area is 179 Å². The van der Waals surface area contributed by atoms with E-state index in [2.05, 4.69) is 26.9 Å². The predicted molar refractivity (Wildman–Crippen MR) is 115 cm³/mol. The fourth-order valence-electron chi connectivity index (χ4n) is 3.61. The summed E-state index contributed by atoms with van der Waals surface area (Å²) in [5.41, 5.74) is 4.20. The summed E-state index contributed by atoms with van der Waals surface area (Å²) >= 11 is 1.29. The molecule has 8 nitrogen and oxygen atoms in total. The van der Waals surface area contributed by atoms with Gasteiger partial charge in [0.1, 0.15) is 11.5 Å². The number of carbonyl (C=O) groups is 1. The van der Waals surface area contributed by atoms with Crippen LogP contribution in [0, 0.1) is 0 Å². The lowest BCUT2D eigenvalue weighted by atomic mass is 9.90. The number of nitrogens with one attached hydrogen (secondary N) is 1. The number of benzene rings is 2. The number of rotatable bonds is 7. The van der Waals surface area contributed by atoms with Crippen molar-refractivity contribution in [2.24, 2.45) is 0 Å². The van der Waals surface area contributed by atoms with Crippen LogP contribution < -0.4 is 14.8 Å². The molecule has 1 amide bonds. The molecule has 1 aliphatic carbocycles. The fourth-order valence-corrected chi connectivity index (χ4v) is 4.29. The minimum atomic E-state index is -0.184. The Hall–Kier alpha value is -3.07. The van der Waals surface area contributed by atoms with Gasteiger partial charge in [-0.15, -0.1) is 5.10 Å². The Bertz CT molecular complexity index is 1050. The van der Waals surface area contributed by atoms with Gasteiger partial charge in [-0.05, 0) is 65.4 Å². The van der Waals surface area contributed by atoms with Gasteiger partial charge in [-0.25, -0.2) is 0 Å². The average molecular weight is 426 g/mol. The van der Waals surface area contributed by atoms with E-state index in [1.165, 1.54) is 35.7 Å². The SMILES string of the molecule is COc1ccc(OC)c(NC(=O)CSc2nnnn2-c2cccc3c2CCCC3)c1. The first-order valence-electron chi connectivity index (χ1n) is 9.74. The molecule has 0 bridgehead atoms. The van der Waals surface area contributed by atoms with Gasteiger partial charge < -0.3 is 14.8 Å². The maximum atomic E-state index is 12.5. The highest BCUT2D eigenvalue weighted by Gasteiger charge is 2.19. The van der Waals surface area contributed by atoms with Crippen molar-refractivity contribution in [2.75, 3.05) is 25.3 Å². The molecule has 1 aliphatic rings. The van der Waals surface area contributed by atoms with Crippen LogP contribution in [0.15, 0.2) is 41.6 Å². The minimum Gasteiger partial charge on any atom is -0.497 e. The number of tetrazole rings is 1. The summed E-state index contributed by atoms with van der Waals surface area (Å²) in [6.45, 7) is 0. The molecule has 1 heterocycles. The van der Waals surface area contributed by atoms with Gasteiger partial charge in [0.25, 0.3) is 0 Å². The monoisotopic (exact) mass is 425 g/mol. The van der Waals surface area contributed by atoms with E-state index in [1.807, 2.05) is 12.1 Å². The number of amides is 1. The lowest BCUT2D eigenvalue weighted by Crippen LogP contribution is -2.15. The van der Waals surface area contributed by atoms with Crippen molar-refractivity contribution in [2.45, 2.75) is 30.8 Å². The second kappa shape index (κ2) is 9.17. The van der Waals surface area contributed by atoms with Crippen LogP contribution in [0.25, 0.3) is 5.69 Å². The van der Waals surface area contributed by atoms with Gasteiger partial charge in [0, 0.05) is 6.07 Å². The van der Waals surface area contributed by atoms with Crippen LogP contribution in [0.1, 0.15) is 24.0 Å². The number of methoxy groups -OCH3 is 2. The Morgan fingerprint density at radius 1 is 1.17 bits per heavy atom. The summed E-state index contributed by atoms with van der Waals surface area (Å²) < 4.78 is 12.3. The fraction of sp³-hybridized carbons (Fsp3) is 0.333. The second-order valence-electron chi connectivity index (χ2n) is 6.90. The van der Waals surface area contributed by atoms with Crippen molar-refractivity contribution in [3.05, 3.63) is 47.5 Å². The predicted octanol–water partition coefficient (Wildman–Crippen LogP) is 3.29. The molecule has 0 radical (unpaired) electrons. The van der Waals surface area contributed by atoms with Gasteiger partial charge in [0.05, 0.1) is 31.3 Å². The Kier molecular flexibility index (Phi) is 6.18. The quantitative estimate of drug-likeness (QED) is 0.581. The molecule has 1 aromatic heterocycles. The smallest absolute Gasteiger partial charge is 0.234 e. The van der Waals surface area contributed by atoms with Gasteiger partial charge in [-0.1, -0.05) is 23.9 Å². The van der Waals surface area contributed by atoms with Crippen LogP contribution in [-0.4, -0.2) is 46.1 Å². The van der Waals surface area contributed by atoms with Crippen LogP contribution in [0.3, 0.4) is 0 Å². The molecule has 1 N–H and O–H groups in total. The summed E-state index contributed by atoms with van der Waals surface area (Å²) in [7, 11) is 3.13. The molecule has 0 saturated heterocycles. The van der Waals surface area contributed by atoms with Crippen molar-refractivity contribution < 1.29 is 14.3 Å². The van der Waals surface area contributed by atoms with Crippen LogP contribution in [0.5, 0.6) is 11.5 Å². The number of hydrogen-bond donors (Lipinski definition) is 1. The van der Waals surface area contributed by atoms with Gasteiger partial charge in [-0.2, -0.15) is 4.68 Å². The van der Waals surface area contributed by atoms with E-state index in [9.17, 15) is 4.79 Å². The van der Waals surface area contributed by atoms with Crippen molar-refractivity contribution in [3.8, 4) is 17.2 Å². The van der Waals surface area contributed by atoms with E-state index in [-0.39, 0.29) is 11.7 Å². The van der Waals surface area contributed by atoms with Crippen LogP contribution in [0.4, 0.5) is 5.69 Å². The van der Waals surface area contributed by atoms with Gasteiger partial charge in [0.15, 0.2) is 0 Å². The number of aryl methyl sites for hydroxylation is 1. The van der Waals surface area contributed by atoms with E-state index in [1.54, 1.807) is 37.1 Å². The van der Waals surface area contributed by atoms with Gasteiger partial charge in [-0.3, -0.25) is 4.79 Å². The maximum Gasteiger partial charge on any atom is 0.234 e. The first-order chi connectivity index (χ1) is 14.7. The lowest BCUT2D eigenvalue weighted by Gasteiger charge is -2.19. The standard InChI is InChI=1S/C21H23N5O3S/c1-28-15-10-11-19(29-2)17(12-15)22-20(27)13-30-21-23-24-25-26(21)18-9-5-7-14-6-3-4-8-16(14)18/h5,7,9-12H,3-4,6,8,13H2,1-2H3,(H,22,27). The van der Waals surface area contributed by atoms with Crippen LogP contribution in [-0.2, 0) is 17.6 Å². The molecule has 0 unspecified atom stereocenters. The van der Waals surface area contributed by atoms with Crippen molar-refractivity contribution >= 4 is 23.4 Å². The summed E-state index contributed by atoms with van der Waals surface area (Å²) in [5.74, 6) is 1.18. The number of anilines is 1. The Morgan fingerprint density at radius 2 is 2.03 bits per heavy atom. The van der Waals surface area contributed by atoms with Crippen molar-refractivity contribution in [1.82, 2.24) is 20.2 Å². The molecule has 0 saturated carbocycles.